The number of carbonyl (C=O) groups is 1. The molecule has 2 aromatic carbocycles. The molecule has 6 nitrogen and oxygen atoms in total. The molecule has 0 radical (unpaired) electrons. The number of rotatable bonds is 9. The van der Waals surface area contributed by atoms with Crippen molar-refractivity contribution < 1.29 is 14.3 Å². The molecular weight excluding hydrogens is 494 g/mol. The Kier molecular flexibility index (Phi) is 8.99. The highest BCUT2D eigenvalue weighted by molar-refractivity contribution is 7.17. The highest BCUT2D eigenvalue weighted by Gasteiger charge is 2.26. The maximum Gasteiger partial charge on any atom is 0.309 e. The first-order chi connectivity index (χ1) is 17.4. The summed E-state index contributed by atoms with van der Waals surface area (Å²) in [5.74, 6) is 0.647. The van der Waals surface area contributed by atoms with Crippen LogP contribution in [-0.4, -0.2) is 46.9 Å². The van der Waals surface area contributed by atoms with Gasteiger partial charge in [-0.1, -0.05) is 48.1 Å². The van der Waals surface area contributed by atoms with E-state index in [1.54, 1.807) is 11.3 Å². The molecule has 8 heteroatoms. The zero-order chi connectivity index (χ0) is 25.7. The fraction of sp³-hybridized carbons (Fsp3) is 0.464. The van der Waals surface area contributed by atoms with Crippen LogP contribution < -0.4 is 4.74 Å². The van der Waals surface area contributed by atoms with Gasteiger partial charge in [-0.25, -0.2) is 0 Å². The molecule has 0 amide bonds. The molecule has 3 aromatic rings. The zero-order valence-electron chi connectivity index (χ0n) is 21.4. The molecule has 36 heavy (non-hydrogen) atoms. The maximum atomic E-state index is 12.1. The second-order valence-electron chi connectivity index (χ2n) is 9.32. The van der Waals surface area contributed by atoms with E-state index in [1.807, 2.05) is 39.0 Å². The number of piperidine rings is 1. The lowest BCUT2D eigenvalue weighted by molar-refractivity contribution is -0.149. The lowest BCUT2D eigenvalue weighted by atomic mass is 9.95. The number of halogens is 1. The molecule has 0 aliphatic carbocycles. The quantitative estimate of drug-likeness (QED) is 0.290. The Hall–Kier alpha value is -2.48. The predicted molar refractivity (Wildman–Crippen MR) is 146 cm³/mol. The molecule has 192 valence electrons. The third-order valence-electron chi connectivity index (χ3n) is 6.42. The van der Waals surface area contributed by atoms with E-state index >= 15 is 0 Å². The molecule has 2 heterocycles. The molecule has 0 unspecified atom stereocenters. The summed E-state index contributed by atoms with van der Waals surface area (Å²) in [6.45, 7) is 11.1. The van der Waals surface area contributed by atoms with E-state index in [-0.39, 0.29) is 18.0 Å². The van der Waals surface area contributed by atoms with E-state index < -0.39 is 0 Å². The van der Waals surface area contributed by atoms with Crippen molar-refractivity contribution in [2.75, 3.05) is 19.7 Å². The van der Waals surface area contributed by atoms with Crippen LogP contribution in [0, 0.1) is 5.92 Å². The second kappa shape index (κ2) is 12.2. The van der Waals surface area contributed by atoms with Crippen molar-refractivity contribution in [3.63, 3.8) is 0 Å². The summed E-state index contributed by atoms with van der Waals surface area (Å²) >= 11 is 8.02. The van der Waals surface area contributed by atoms with Gasteiger partial charge in [-0.2, -0.15) is 0 Å². The van der Waals surface area contributed by atoms with Crippen molar-refractivity contribution in [2.24, 2.45) is 5.92 Å². The van der Waals surface area contributed by atoms with Crippen molar-refractivity contribution in [1.29, 1.82) is 0 Å². The minimum absolute atomic E-state index is 0.0255. The summed E-state index contributed by atoms with van der Waals surface area (Å²) in [7, 11) is 0. The fourth-order valence-electron chi connectivity index (χ4n) is 4.66. The summed E-state index contributed by atoms with van der Waals surface area (Å²) in [6.07, 6.45) is 2.67. The molecule has 1 aromatic heterocycles. The first kappa shape index (κ1) is 26.6. The highest BCUT2D eigenvalue weighted by atomic mass is 35.5. The van der Waals surface area contributed by atoms with Crippen molar-refractivity contribution in [1.82, 2.24) is 15.1 Å². The van der Waals surface area contributed by atoms with Gasteiger partial charge in [0.2, 0.25) is 0 Å². The van der Waals surface area contributed by atoms with Crippen LogP contribution in [0.4, 0.5) is 0 Å². The van der Waals surface area contributed by atoms with Gasteiger partial charge in [-0.05, 0) is 82.4 Å². The van der Waals surface area contributed by atoms with E-state index in [1.165, 1.54) is 11.1 Å². The minimum Gasteiger partial charge on any atom is -0.489 e. The van der Waals surface area contributed by atoms with E-state index in [2.05, 4.69) is 40.2 Å². The van der Waals surface area contributed by atoms with E-state index in [0.717, 1.165) is 60.0 Å². The number of hydrogen-bond donors (Lipinski definition) is 0. The molecule has 0 N–H and O–H groups in total. The molecular formula is C28H34ClN3O3S. The van der Waals surface area contributed by atoms with Crippen molar-refractivity contribution in [3.05, 3.63) is 52.5 Å². The van der Waals surface area contributed by atoms with E-state index in [9.17, 15) is 4.79 Å². The number of hydrogen-bond acceptors (Lipinski definition) is 7. The summed E-state index contributed by atoms with van der Waals surface area (Å²) in [4.78, 5) is 14.5. The Bertz CT molecular complexity index is 1190. The average molecular weight is 528 g/mol. The van der Waals surface area contributed by atoms with Crippen LogP contribution in [0.25, 0.3) is 21.1 Å². The lowest BCUT2D eigenvalue weighted by Gasteiger charge is -2.31. The smallest absolute Gasteiger partial charge is 0.309 e. The van der Waals surface area contributed by atoms with Gasteiger partial charge in [0.15, 0.2) is 0 Å². The topological polar surface area (TPSA) is 64.5 Å². The lowest BCUT2D eigenvalue weighted by Crippen LogP contribution is -2.36. The SMILES string of the molecule is CCOC(=O)C1CCN(Cc2cccc(-c3nnc(-c4ccc(OC(C)C)c(Cl)c4)s3)c2CC)CC1. The van der Waals surface area contributed by atoms with Crippen LogP contribution in [0.15, 0.2) is 36.4 Å². The highest BCUT2D eigenvalue weighted by Crippen LogP contribution is 2.36. The normalized spacial score (nSPS) is 14.8. The molecule has 1 aliphatic heterocycles. The molecule has 1 fully saturated rings. The van der Waals surface area contributed by atoms with Gasteiger partial charge in [-0.15, -0.1) is 10.2 Å². The molecule has 0 spiro atoms. The fourth-order valence-corrected chi connectivity index (χ4v) is 5.78. The maximum absolute atomic E-state index is 12.1. The summed E-state index contributed by atoms with van der Waals surface area (Å²) in [6, 6.07) is 12.2. The number of esters is 1. The largest absolute Gasteiger partial charge is 0.489 e. The number of aromatic nitrogens is 2. The average Bonchev–Trinajstić information content (AvgIpc) is 3.36. The van der Waals surface area contributed by atoms with Gasteiger partial charge in [0.1, 0.15) is 15.8 Å². The Morgan fingerprint density at radius 1 is 1.14 bits per heavy atom. The third kappa shape index (κ3) is 6.25. The molecule has 0 bridgehead atoms. The van der Waals surface area contributed by atoms with Crippen LogP contribution >= 0.6 is 22.9 Å². The van der Waals surface area contributed by atoms with Crippen LogP contribution in [-0.2, 0) is 22.5 Å². The number of benzene rings is 2. The molecule has 1 aliphatic rings. The van der Waals surface area contributed by atoms with Gasteiger partial charge in [0.25, 0.3) is 0 Å². The standard InChI is InChI=1S/C28H34ClN3O3S/c1-5-22-21(17-32-14-12-19(13-15-32)28(33)34-6-2)8-7-9-23(22)27-31-30-26(36-27)20-10-11-25(24(29)16-20)35-18(3)4/h7-11,16,18-19H,5-6,12-15,17H2,1-4H3. The Labute approximate surface area is 222 Å². The summed E-state index contributed by atoms with van der Waals surface area (Å²) in [5.41, 5.74) is 4.66. The first-order valence-corrected chi connectivity index (χ1v) is 13.9. The molecule has 0 atom stereocenters. The van der Waals surface area contributed by atoms with Crippen LogP contribution in [0.2, 0.25) is 5.02 Å². The second-order valence-corrected chi connectivity index (χ2v) is 10.7. The molecule has 1 saturated heterocycles. The van der Waals surface area contributed by atoms with Gasteiger partial charge >= 0.3 is 5.97 Å². The number of ether oxygens (including phenoxy) is 2. The van der Waals surface area contributed by atoms with Gasteiger partial charge in [0.05, 0.1) is 23.7 Å². The van der Waals surface area contributed by atoms with E-state index in [0.29, 0.717) is 17.4 Å². The van der Waals surface area contributed by atoms with Gasteiger partial charge < -0.3 is 9.47 Å². The predicted octanol–water partition coefficient (Wildman–Crippen LogP) is 6.65. The third-order valence-corrected chi connectivity index (χ3v) is 7.73. The van der Waals surface area contributed by atoms with Crippen molar-refractivity contribution in [2.45, 2.75) is 59.6 Å². The Balaban J connectivity index is 1.50. The zero-order valence-corrected chi connectivity index (χ0v) is 23.0. The summed E-state index contributed by atoms with van der Waals surface area (Å²) < 4.78 is 11.0. The van der Waals surface area contributed by atoms with Crippen LogP contribution in [0.3, 0.4) is 0 Å². The monoisotopic (exact) mass is 527 g/mol. The molecule has 4 rings (SSSR count). The van der Waals surface area contributed by atoms with Crippen molar-refractivity contribution >= 4 is 28.9 Å². The van der Waals surface area contributed by atoms with Gasteiger partial charge in [-0.3, -0.25) is 9.69 Å². The Morgan fingerprint density at radius 2 is 1.89 bits per heavy atom. The first-order valence-electron chi connectivity index (χ1n) is 12.7. The number of nitrogens with zero attached hydrogens (tertiary/aromatic N) is 3. The summed E-state index contributed by atoms with van der Waals surface area (Å²) in [5, 5.41) is 11.3. The Morgan fingerprint density at radius 3 is 2.56 bits per heavy atom. The van der Waals surface area contributed by atoms with E-state index in [4.69, 9.17) is 21.1 Å². The number of carbonyl (C=O) groups excluding carboxylic acids is 1. The van der Waals surface area contributed by atoms with Gasteiger partial charge in [0, 0.05) is 17.7 Å². The number of likely N-dealkylation sites (tertiary alicyclic amines) is 1. The van der Waals surface area contributed by atoms with Crippen molar-refractivity contribution in [3.8, 4) is 26.9 Å². The minimum atomic E-state index is -0.0520. The molecule has 0 saturated carbocycles. The van der Waals surface area contributed by atoms with Crippen LogP contribution in [0.1, 0.15) is 51.7 Å². The van der Waals surface area contributed by atoms with Crippen LogP contribution in [0.5, 0.6) is 5.75 Å².